The van der Waals surface area contributed by atoms with E-state index in [1.807, 2.05) is 13.8 Å². The molecule has 0 saturated carbocycles. The molecule has 0 heterocycles. The third-order valence-corrected chi connectivity index (χ3v) is 3.63. The Kier molecular flexibility index (Phi) is 5.88. The van der Waals surface area contributed by atoms with E-state index in [-0.39, 0.29) is 12.3 Å². The number of aliphatic hydroxyl groups is 1. The summed E-state index contributed by atoms with van der Waals surface area (Å²) >= 11 is 0. The quantitative estimate of drug-likeness (QED) is 0.860. The summed E-state index contributed by atoms with van der Waals surface area (Å²) in [6.07, 6.45) is -0.326. The van der Waals surface area contributed by atoms with Crippen LogP contribution in [0.25, 0.3) is 0 Å². The van der Waals surface area contributed by atoms with Crippen molar-refractivity contribution in [3.63, 3.8) is 0 Å². The number of hydrogen-bond donors (Lipinski definition) is 2. The minimum absolute atomic E-state index is 0.0731. The maximum absolute atomic E-state index is 13.1. The number of carbonyl (C=O) groups excluding carboxylic acids is 1. The predicted octanol–water partition coefficient (Wildman–Crippen LogP) is 3.22. The van der Waals surface area contributed by atoms with E-state index in [9.17, 15) is 14.3 Å². The highest BCUT2D eigenvalue weighted by Crippen LogP contribution is 2.17. The van der Waals surface area contributed by atoms with Gasteiger partial charge < -0.3 is 10.4 Å². The number of rotatable bonds is 6. The molecule has 0 spiro atoms. The van der Waals surface area contributed by atoms with Crippen molar-refractivity contribution in [2.24, 2.45) is 0 Å². The van der Waals surface area contributed by atoms with Gasteiger partial charge in [-0.2, -0.15) is 0 Å². The number of carbonyl (C=O) groups is 1. The molecule has 0 aliphatic rings. The monoisotopic (exact) mass is 315 g/mol. The van der Waals surface area contributed by atoms with Crippen molar-refractivity contribution in [2.45, 2.75) is 32.8 Å². The van der Waals surface area contributed by atoms with E-state index >= 15 is 0 Å². The summed E-state index contributed by atoms with van der Waals surface area (Å²) in [6.45, 7) is 4.60. The molecule has 0 aromatic heterocycles. The smallest absolute Gasteiger partial charge is 0.222 e. The van der Waals surface area contributed by atoms with Gasteiger partial charge in [0, 0.05) is 6.54 Å². The third kappa shape index (κ3) is 5.49. The zero-order valence-electron chi connectivity index (χ0n) is 13.5. The van der Waals surface area contributed by atoms with Crippen LogP contribution < -0.4 is 5.32 Å². The number of amides is 1. The van der Waals surface area contributed by atoms with E-state index in [0.29, 0.717) is 12.1 Å². The Morgan fingerprint density at radius 3 is 2.52 bits per heavy atom. The van der Waals surface area contributed by atoms with Crippen LogP contribution >= 0.6 is 0 Å². The third-order valence-electron chi connectivity index (χ3n) is 3.63. The largest absolute Gasteiger partial charge is 0.388 e. The lowest BCUT2D eigenvalue weighted by Crippen LogP contribution is -2.27. The summed E-state index contributed by atoms with van der Waals surface area (Å²) in [5, 5.41) is 12.8. The SMILES string of the molecule is Cc1cc(C)cc(CCNC(=O)CC(O)c2cccc(F)c2)c1. The highest BCUT2D eigenvalue weighted by molar-refractivity contribution is 5.76. The molecule has 1 unspecified atom stereocenters. The molecule has 2 aromatic carbocycles. The minimum Gasteiger partial charge on any atom is -0.388 e. The van der Waals surface area contributed by atoms with Crippen LogP contribution in [0.4, 0.5) is 4.39 Å². The predicted molar refractivity (Wildman–Crippen MR) is 88.6 cm³/mol. The Morgan fingerprint density at radius 1 is 1.17 bits per heavy atom. The standard InChI is InChI=1S/C19H22FNO2/c1-13-8-14(2)10-15(9-13)6-7-21-19(23)12-18(22)16-4-3-5-17(20)11-16/h3-5,8-11,18,22H,6-7,12H2,1-2H3,(H,21,23). The van der Waals surface area contributed by atoms with Gasteiger partial charge in [0.05, 0.1) is 12.5 Å². The van der Waals surface area contributed by atoms with Gasteiger partial charge in [-0.05, 0) is 43.5 Å². The van der Waals surface area contributed by atoms with Crippen LogP contribution in [-0.4, -0.2) is 17.6 Å². The summed E-state index contributed by atoms with van der Waals surface area (Å²) in [5.74, 6) is -0.664. The van der Waals surface area contributed by atoms with Crippen molar-refractivity contribution in [2.75, 3.05) is 6.54 Å². The van der Waals surface area contributed by atoms with Crippen LogP contribution in [0.1, 0.15) is 34.8 Å². The summed E-state index contributed by atoms with van der Waals surface area (Å²) in [5.41, 5.74) is 3.99. The van der Waals surface area contributed by atoms with Crippen molar-refractivity contribution >= 4 is 5.91 Å². The summed E-state index contributed by atoms with van der Waals surface area (Å²) in [7, 11) is 0. The Morgan fingerprint density at radius 2 is 1.87 bits per heavy atom. The lowest BCUT2D eigenvalue weighted by Gasteiger charge is -2.12. The number of halogens is 1. The van der Waals surface area contributed by atoms with Gasteiger partial charge in [-0.25, -0.2) is 4.39 Å². The maximum atomic E-state index is 13.1. The van der Waals surface area contributed by atoms with E-state index < -0.39 is 11.9 Å². The fourth-order valence-electron chi connectivity index (χ4n) is 2.64. The van der Waals surface area contributed by atoms with Crippen LogP contribution in [0.2, 0.25) is 0 Å². The van der Waals surface area contributed by atoms with Crippen LogP contribution in [0.3, 0.4) is 0 Å². The van der Waals surface area contributed by atoms with Crippen LogP contribution in [0.5, 0.6) is 0 Å². The van der Waals surface area contributed by atoms with Gasteiger partial charge in [0.15, 0.2) is 0 Å². The molecule has 2 aromatic rings. The van der Waals surface area contributed by atoms with E-state index in [4.69, 9.17) is 0 Å². The molecule has 0 saturated heterocycles. The molecule has 3 nitrogen and oxygen atoms in total. The van der Waals surface area contributed by atoms with E-state index in [0.717, 1.165) is 6.42 Å². The van der Waals surface area contributed by atoms with Crippen LogP contribution in [-0.2, 0) is 11.2 Å². The molecule has 0 fully saturated rings. The van der Waals surface area contributed by atoms with Gasteiger partial charge in [-0.15, -0.1) is 0 Å². The summed E-state index contributed by atoms with van der Waals surface area (Å²) in [4.78, 5) is 11.9. The lowest BCUT2D eigenvalue weighted by molar-refractivity contribution is -0.123. The maximum Gasteiger partial charge on any atom is 0.222 e. The first-order valence-corrected chi connectivity index (χ1v) is 7.71. The second-order valence-corrected chi connectivity index (χ2v) is 5.87. The Labute approximate surface area is 136 Å². The molecule has 2 rings (SSSR count). The Hall–Kier alpha value is -2.20. The van der Waals surface area contributed by atoms with E-state index in [1.54, 1.807) is 6.07 Å². The highest BCUT2D eigenvalue weighted by atomic mass is 19.1. The van der Waals surface area contributed by atoms with Crippen molar-refractivity contribution < 1.29 is 14.3 Å². The number of aryl methyl sites for hydroxylation is 2. The number of hydrogen-bond acceptors (Lipinski definition) is 2. The Bertz CT molecular complexity index is 665. The van der Waals surface area contributed by atoms with Gasteiger partial charge in [0.25, 0.3) is 0 Å². The van der Waals surface area contributed by atoms with Gasteiger partial charge in [0.2, 0.25) is 5.91 Å². The fourth-order valence-corrected chi connectivity index (χ4v) is 2.64. The van der Waals surface area contributed by atoms with Gasteiger partial charge >= 0.3 is 0 Å². The van der Waals surface area contributed by atoms with Gasteiger partial charge in [-0.1, -0.05) is 41.5 Å². The molecule has 0 radical (unpaired) electrons. The van der Waals surface area contributed by atoms with Crippen molar-refractivity contribution in [1.82, 2.24) is 5.32 Å². The molecule has 1 atom stereocenters. The minimum atomic E-state index is -0.994. The molecule has 2 N–H and O–H groups in total. The first-order chi connectivity index (χ1) is 10.9. The normalized spacial score (nSPS) is 12.0. The first kappa shape index (κ1) is 17.2. The number of benzene rings is 2. The molecule has 0 aliphatic heterocycles. The first-order valence-electron chi connectivity index (χ1n) is 7.71. The topological polar surface area (TPSA) is 49.3 Å². The number of nitrogens with one attached hydrogen (secondary N) is 1. The fraction of sp³-hybridized carbons (Fsp3) is 0.316. The highest BCUT2D eigenvalue weighted by Gasteiger charge is 2.13. The van der Waals surface area contributed by atoms with Crippen LogP contribution in [0, 0.1) is 19.7 Å². The van der Waals surface area contributed by atoms with E-state index in [2.05, 4.69) is 23.5 Å². The summed E-state index contributed by atoms with van der Waals surface area (Å²) < 4.78 is 13.1. The van der Waals surface area contributed by atoms with Gasteiger partial charge in [-0.3, -0.25) is 4.79 Å². The molecule has 4 heteroatoms. The zero-order chi connectivity index (χ0) is 16.8. The van der Waals surface area contributed by atoms with Crippen molar-refractivity contribution in [3.05, 3.63) is 70.5 Å². The molecular formula is C19H22FNO2. The molecule has 122 valence electrons. The number of aliphatic hydroxyl groups excluding tert-OH is 1. The molecular weight excluding hydrogens is 293 g/mol. The zero-order valence-corrected chi connectivity index (χ0v) is 13.5. The molecule has 0 bridgehead atoms. The summed E-state index contributed by atoms with van der Waals surface area (Å²) in [6, 6.07) is 12.0. The lowest BCUT2D eigenvalue weighted by atomic mass is 10.0. The molecule has 0 aliphatic carbocycles. The average Bonchev–Trinajstić information content (AvgIpc) is 2.46. The van der Waals surface area contributed by atoms with Gasteiger partial charge in [0.1, 0.15) is 5.82 Å². The molecule has 1 amide bonds. The average molecular weight is 315 g/mol. The van der Waals surface area contributed by atoms with E-state index in [1.165, 1.54) is 34.9 Å². The Balaban J connectivity index is 1.81. The second kappa shape index (κ2) is 7.88. The van der Waals surface area contributed by atoms with Crippen LogP contribution in [0.15, 0.2) is 42.5 Å². The van der Waals surface area contributed by atoms with Crippen molar-refractivity contribution in [3.8, 4) is 0 Å². The molecule has 23 heavy (non-hydrogen) atoms. The second-order valence-electron chi connectivity index (χ2n) is 5.87. The van der Waals surface area contributed by atoms with Crippen molar-refractivity contribution in [1.29, 1.82) is 0 Å².